The van der Waals surface area contributed by atoms with E-state index in [1.54, 1.807) is 0 Å². The second-order valence-electron chi connectivity index (χ2n) is 7.82. The van der Waals surface area contributed by atoms with Crippen LogP contribution in [-0.4, -0.2) is 59.0 Å². The first kappa shape index (κ1) is 23.7. The first-order valence-corrected chi connectivity index (χ1v) is 10.4. The van der Waals surface area contributed by atoms with Crippen molar-refractivity contribution in [2.24, 2.45) is 4.99 Å². The molecule has 2 aromatic heterocycles. The zero-order valence-corrected chi connectivity index (χ0v) is 20.3. The van der Waals surface area contributed by atoms with E-state index in [0.717, 1.165) is 69.3 Å². The van der Waals surface area contributed by atoms with Gasteiger partial charge in [-0.25, -0.2) is 4.98 Å². The quantitative estimate of drug-likeness (QED) is 0.260. The Labute approximate surface area is 191 Å². The molecule has 1 saturated heterocycles. The van der Waals surface area contributed by atoms with Crippen molar-refractivity contribution in [1.82, 2.24) is 24.9 Å². The van der Waals surface area contributed by atoms with Crippen LogP contribution >= 0.6 is 24.0 Å². The van der Waals surface area contributed by atoms with Gasteiger partial charge in [-0.2, -0.15) is 0 Å². The van der Waals surface area contributed by atoms with E-state index in [0.29, 0.717) is 6.04 Å². The van der Waals surface area contributed by atoms with Crippen LogP contribution in [0.25, 0.3) is 5.65 Å². The highest BCUT2D eigenvalue weighted by atomic mass is 127. The maximum absolute atomic E-state index is 4.78. The van der Waals surface area contributed by atoms with Crippen LogP contribution in [0.4, 0.5) is 0 Å². The number of imidazole rings is 1. The van der Waals surface area contributed by atoms with E-state index < -0.39 is 0 Å². The van der Waals surface area contributed by atoms with Crippen molar-refractivity contribution in [2.75, 3.05) is 32.7 Å². The number of fused-ring (bicyclic) bond motifs is 1. The Hall–Kier alpha value is -1.61. The molecule has 7 heteroatoms. The Kier molecular flexibility index (Phi) is 9.42. The second-order valence-corrected chi connectivity index (χ2v) is 7.82. The Morgan fingerprint density at radius 2 is 2.10 bits per heavy atom. The van der Waals surface area contributed by atoms with Crippen LogP contribution in [0.2, 0.25) is 0 Å². The summed E-state index contributed by atoms with van der Waals surface area (Å²) in [6, 6.07) is 4.64. The molecule has 1 fully saturated rings. The summed E-state index contributed by atoms with van der Waals surface area (Å²) in [6.45, 7) is 15.2. The number of nitrogens with one attached hydrogen (secondary N) is 2. The third-order valence-corrected chi connectivity index (χ3v) is 5.13. The Morgan fingerprint density at radius 1 is 1.34 bits per heavy atom. The zero-order chi connectivity index (χ0) is 19.9. The van der Waals surface area contributed by atoms with Gasteiger partial charge in [0.05, 0.1) is 5.69 Å². The van der Waals surface area contributed by atoms with Gasteiger partial charge in [-0.3, -0.25) is 9.89 Å². The summed E-state index contributed by atoms with van der Waals surface area (Å²) >= 11 is 0. The van der Waals surface area contributed by atoms with E-state index in [-0.39, 0.29) is 24.0 Å². The minimum atomic E-state index is 0. The van der Waals surface area contributed by atoms with Crippen LogP contribution in [-0.2, 0) is 6.42 Å². The van der Waals surface area contributed by atoms with Crippen LogP contribution in [0.1, 0.15) is 37.9 Å². The van der Waals surface area contributed by atoms with Crippen LogP contribution in [0.3, 0.4) is 0 Å². The van der Waals surface area contributed by atoms with Gasteiger partial charge in [0.1, 0.15) is 5.65 Å². The number of rotatable bonds is 7. The summed E-state index contributed by atoms with van der Waals surface area (Å²) in [5.41, 5.74) is 4.56. The average Bonchev–Trinajstić information content (AvgIpc) is 3.07. The highest BCUT2D eigenvalue weighted by Crippen LogP contribution is 2.12. The SMILES string of the molecule is C=C(C)CN1CCC(NC(=NCCc2cn3cccc(C)c3n2)NCC)CC1.I. The first-order valence-electron chi connectivity index (χ1n) is 10.4. The third kappa shape index (κ3) is 6.99. The van der Waals surface area contributed by atoms with Crippen molar-refractivity contribution in [3.63, 3.8) is 0 Å². The summed E-state index contributed by atoms with van der Waals surface area (Å²) < 4.78 is 2.09. The predicted molar refractivity (Wildman–Crippen MR) is 132 cm³/mol. The highest BCUT2D eigenvalue weighted by Gasteiger charge is 2.19. The lowest BCUT2D eigenvalue weighted by atomic mass is 10.0. The molecular formula is C22H35IN6. The lowest BCUT2D eigenvalue weighted by molar-refractivity contribution is 0.221. The molecule has 3 heterocycles. The van der Waals surface area contributed by atoms with Crippen molar-refractivity contribution in [2.45, 2.75) is 46.1 Å². The minimum absolute atomic E-state index is 0. The van der Waals surface area contributed by atoms with E-state index >= 15 is 0 Å². The number of hydrogen-bond donors (Lipinski definition) is 2. The Morgan fingerprint density at radius 3 is 2.76 bits per heavy atom. The molecule has 160 valence electrons. The summed E-state index contributed by atoms with van der Waals surface area (Å²) in [6.07, 6.45) is 7.28. The average molecular weight is 510 g/mol. The Bertz CT molecular complexity index is 820. The highest BCUT2D eigenvalue weighted by molar-refractivity contribution is 14.0. The van der Waals surface area contributed by atoms with Crippen LogP contribution in [0.5, 0.6) is 0 Å². The summed E-state index contributed by atoms with van der Waals surface area (Å²) in [5.74, 6) is 0.917. The topological polar surface area (TPSA) is 57.0 Å². The normalized spacial score (nSPS) is 15.9. The van der Waals surface area contributed by atoms with Gasteiger partial charge in [-0.15, -0.1) is 24.0 Å². The molecule has 1 aliphatic rings. The predicted octanol–water partition coefficient (Wildman–Crippen LogP) is 3.40. The van der Waals surface area contributed by atoms with Gasteiger partial charge < -0.3 is 15.0 Å². The minimum Gasteiger partial charge on any atom is -0.357 e. The number of aliphatic imine (C=N–C) groups is 1. The smallest absolute Gasteiger partial charge is 0.191 e. The molecule has 6 nitrogen and oxygen atoms in total. The van der Waals surface area contributed by atoms with Gasteiger partial charge >= 0.3 is 0 Å². The number of pyridine rings is 1. The fourth-order valence-corrected chi connectivity index (χ4v) is 3.74. The molecule has 29 heavy (non-hydrogen) atoms. The van der Waals surface area contributed by atoms with Crippen LogP contribution in [0, 0.1) is 6.92 Å². The van der Waals surface area contributed by atoms with Crippen molar-refractivity contribution in [1.29, 1.82) is 0 Å². The molecule has 0 atom stereocenters. The number of aromatic nitrogens is 2. The lowest BCUT2D eigenvalue weighted by Crippen LogP contribution is -2.49. The molecule has 1 aliphatic heterocycles. The monoisotopic (exact) mass is 510 g/mol. The van der Waals surface area contributed by atoms with Gasteiger partial charge in [-0.1, -0.05) is 18.2 Å². The van der Waals surface area contributed by atoms with Gasteiger partial charge in [0.15, 0.2) is 5.96 Å². The summed E-state index contributed by atoms with van der Waals surface area (Å²) in [7, 11) is 0. The van der Waals surface area contributed by atoms with Crippen LogP contribution in [0.15, 0.2) is 41.7 Å². The fourth-order valence-electron chi connectivity index (χ4n) is 3.74. The molecule has 0 bridgehead atoms. The largest absolute Gasteiger partial charge is 0.357 e. The summed E-state index contributed by atoms with van der Waals surface area (Å²) in [5, 5.41) is 7.00. The van der Waals surface area contributed by atoms with E-state index in [9.17, 15) is 0 Å². The van der Waals surface area contributed by atoms with Crippen LogP contribution < -0.4 is 10.6 Å². The number of hydrogen-bond acceptors (Lipinski definition) is 3. The molecule has 2 N–H and O–H groups in total. The lowest BCUT2D eigenvalue weighted by Gasteiger charge is -2.33. The molecule has 0 aromatic carbocycles. The third-order valence-electron chi connectivity index (χ3n) is 5.13. The van der Waals surface area contributed by atoms with E-state index in [2.05, 4.69) is 65.6 Å². The fraction of sp³-hybridized carbons (Fsp3) is 0.545. The number of aryl methyl sites for hydroxylation is 1. The summed E-state index contributed by atoms with van der Waals surface area (Å²) in [4.78, 5) is 12.0. The van der Waals surface area contributed by atoms with Crippen molar-refractivity contribution in [3.05, 3.63) is 47.9 Å². The van der Waals surface area contributed by atoms with E-state index in [1.165, 1.54) is 11.1 Å². The molecule has 3 rings (SSSR count). The van der Waals surface area contributed by atoms with Crippen molar-refractivity contribution in [3.8, 4) is 0 Å². The number of piperidine rings is 1. The molecular weight excluding hydrogens is 475 g/mol. The number of likely N-dealkylation sites (tertiary alicyclic amines) is 1. The molecule has 2 aromatic rings. The molecule has 0 aliphatic carbocycles. The first-order chi connectivity index (χ1) is 13.5. The molecule has 0 radical (unpaired) electrons. The number of nitrogens with zero attached hydrogens (tertiary/aromatic N) is 4. The maximum atomic E-state index is 4.78. The van der Waals surface area contributed by atoms with Crippen molar-refractivity contribution < 1.29 is 0 Å². The maximum Gasteiger partial charge on any atom is 0.191 e. The van der Waals surface area contributed by atoms with Gasteiger partial charge in [-0.05, 0) is 45.2 Å². The number of halogens is 1. The Balaban J connectivity index is 0.00000300. The molecule has 0 spiro atoms. The second kappa shape index (κ2) is 11.5. The van der Waals surface area contributed by atoms with Gasteiger partial charge in [0, 0.05) is 57.6 Å². The standard InChI is InChI=1S/C22H34N6.HI/c1-5-23-22(26-19-9-13-27(14-10-19)15-17(2)3)24-11-8-20-16-28-12-6-7-18(4)21(28)25-20;/h6-7,12,16,19H,2,5,8-11,13-15H2,1,3-4H3,(H2,23,24,26);1H. The van der Waals surface area contributed by atoms with Crippen molar-refractivity contribution >= 4 is 35.6 Å². The zero-order valence-electron chi connectivity index (χ0n) is 17.9. The molecule has 0 unspecified atom stereocenters. The van der Waals surface area contributed by atoms with E-state index in [1.807, 2.05) is 6.20 Å². The molecule has 0 amide bonds. The molecule has 0 saturated carbocycles. The number of guanidine groups is 1. The van der Waals surface area contributed by atoms with E-state index in [4.69, 9.17) is 9.98 Å². The van der Waals surface area contributed by atoms with Gasteiger partial charge in [0.25, 0.3) is 0 Å². The van der Waals surface area contributed by atoms with Gasteiger partial charge in [0.2, 0.25) is 0 Å².